The van der Waals surface area contributed by atoms with Crippen LogP contribution in [-0.4, -0.2) is 28.8 Å². The second kappa shape index (κ2) is 6.25. The van der Waals surface area contributed by atoms with E-state index in [0.29, 0.717) is 17.3 Å². The number of thioether (sulfide) groups is 1. The molecule has 80 valence electrons. The molecule has 15 heavy (non-hydrogen) atoms. The highest BCUT2D eigenvalue weighted by Gasteiger charge is 2.05. The van der Waals surface area contributed by atoms with Crippen molar-refractivity contribution < 1.29 is 0 Å². The van der Waals surface area contributed by atoms with Crippen molar-refractivity contribution in [2.45, 2.75) is 6.92 Å². The molecule has 1 aromatic rings. The van der Waals surface area contributed by atoms with Crippen LogP contribution in [0.15, 0.2) is 12.3 Å². The summed E-state index contributed by atoms with van der Waals surface area (Å²) >= 11 is 1.81. The third-order valence-corrected chi connectivity index (χ3v) is 2.81. The van der Waals surface area contributed by atoms with Crippen molar-refractivity contribution in [3.05, 3.63) is 17.8 Å². The van der Waals surface area contributed by atoms with Gasteiger partial charge < -0.3 is 5.32 Å². The van der Waals surface area contributed by atoms with E-state index >= 15 is 0 Å². The molecule has 1 unspecified atom stereocenters. The highest BCUT2D eigenvalue weighted by Crippen LogP contribution is 2.10. The normalized spacial score (nSPS) is 11.8. The summed E-state index contributed by atoms with van der Waals surface area (Å²) in [6.07, 6.45) is 3.61. The molecule has 0 fully saturated rings. The minimum absolute atomic E-state index is 0.543. The first-order valence-corrected chi connectivity index (χ1v) is 6.12. The molecule has 0 saturated carbocycles. The third-order valence-electron chi connectivity index (χ3n) is 1.91. The van der Waals surface area contributed by atoms with E-state index in [0.717, 1.165) is 12.3 Å². The number of hydrogen-bond acceptors (Lipinski definition) is 5. The molecule has 0 amide bonds. The Balaban J connectivity index is 2.54. The second-order valence-electron chi connectivity index (χ2n) is 3.35. The third kappa shape index (κ3) is 3.76. The van der Waals surface area contributed by atoms with Crippen molar-refractivity contribution in [1.82, 2.24) is 10.2 Å². The number of nitrogens with zero attached hydrogens (tertiary/aromatic N) is 3. The van der Waals surface area contributed by atoms with Crippen molar-refractivity contribution in [2.75, 3.05) is 23.9 Å². The molecule has 1 rings (SSSR count). The van der Waals surface area contributed by atoms with Crippen LogP contribution >= 0.6 is 11.8 Å². The van der Waals surface area contributed by atoms with Crippen LogP contribution in [0.2, 0.25) is 0 Å². The average molecular weight is 222 g/mol. The maximum absolute atomic E-state index is 8.83. The summed E-state index contributed by atoms with van der Waals surface area (Å²) in [6, 6.07) is 3.74. The van der Waals surface area contributed by atoms with Gasteiger partial charge in [-0.3, -0.25) is 0 Å². The van der Waals surface area contributed by atoms with E-state index in [1.165, 1.54) is 6.20 Å². The molecular formula is C10H14N4S. The highest BCUT2D eigenvalue weighted by molar-refractivity contribution is 7.98. The van der Waals surface area contributed by atoms with Crippen LogP contribution in [0.4, 0.5) is 5.82 Å². The van der Waals surface area contributed by atoms with Gasteiger partial charge in [-0.2, -0.15) is 22.1 Å². The molecule has 0 radical (unpaired) electrons. The maximum atomic E-state index is 8.83. The van der Waals surface area contributed by atoms with Crippen LogP contribution in [-0.2, 0) is 0 Å². The molecule has 5 heteroatoms. The highest BCUT2D eigenvalue weighted by atomic mass is 32.2. The van der Waals surface area contributed by atoms with Crippen LogP contribution in [0.5, 0.6) is 0 Å². The number of rotatable bonds is 5. The summed E-state index contributed by atoms with van der Waals surface area (Å²) in [5.74, 6) is 2.22. The molecule has 0 aliphatic carbocycles. The van der Waals surface area contributed by atoms with E-state index < -0.39 is 0 Å². The van der Waals surface area contributed by atoms with Gasteiger partial charge >= 0.3 is 0 Å². The minimum atomic E-state index is 0.543. The first-order chi connectivity index (χ1) is 7.27. The maximum Gasteiger partial charge on any atom is 0.166 e. The smallest absolute Gasteiger partial charge is 0.166 e. The number of nitriles is 1. The average Bonchev–Trinajstić information content (AvgIpc) is 2.27. The summed E-state index contributed by atoms with van der Waals surface area (Å²) in [4.78, 5) is 0. The fourth-order valence-electron chi connectivity index (χ4n) is 1.17. The van der Waals surface area contributed by atoms with Crippen LogP contribution in [0.1, 0.15) is 12.5 Å². The lowest BCUT2D eigenvalue weighted by atomic mass is 10.2. The number of anilines is 1. The van der Waals surface area contributed by atoms with Gasteiger partial charge in [-0.25, -0.2) is 0 Å². The summed E-state index contributed by atoms with van der Waals surface area (Å²) in [5.41, 5.74) is 0.543. The largest absolute Gasteiger partial charge is 0.367 e. The van der Waals surface area contributed by atoms with Crippen LogP contribution in [0.25, 0.3) is 0 Å². The molecule has 1 aromatic heterocycles. The van der Waals surface area contributed by atoms with Crippen molar-refractivity contribution in [3.8, 4) is 6.07 Å². The van der Waals surface area contributed by atoms with E-state index in [1.807, 2.05) is 11.8 Å². The van der Waals surface area contributed by atoms with Crippen molar-refractivity contribution >= 4 is 17.6 Å². The number of hydrogen-bond donors (Lipinski definition) is 1. The molecule has 1 atom stereocenters. The first kappa shape index (κ1) is 11.8. The Morgan fingerprint density at radius 1 is 1.67 bits per heavy atom. The predicted molar refractivity (Wildman–Crippen MR) is 62.8 cm³/mol. The van der Waals surface area contributed by atoms with Crippen molar-refractivity contribution in [3.63, 3.8) is 0 Å². The Kier molecular flexibility index (Phi) is 4.91. The zero-order valence-electron chi connectivity index (χ0n) is 8.90. The zero-order valence-corrected chi connectivity index (χ0v) is 9.71. The lowest BCUT2D eigenvalue weighted by Gasteiger charge is -2.11. The Hall–Kier alpha value is -1.28. The van der Waals surface area contributed by atoms with Gasteiger partial charge in [0.1, 0.15) is 6.07 Å². The van der Waals surface area contributed by atoms with Gasteiger partial charge in [0.2, 0.25) is 0 Å². The molecule has 1 heterocycles. The van der Waals surface area contributed by atoms with E-state index in [4.69, 9.17) is 5.26 Å². The zero-order chi connectivity index (χ0) is 11.1. The fraction of sp³-hybridized carbons (Fsp3) is 0.500. The van der Waals surface area contributed by atoms with Gasteiger partial charge in [0.25, 0.3) is 0 Å². The molecule has 0 aliphatic rings. The fourth-order valence-corrected chi connectivity index (χ4v) is 1.85. The minimum Gasteiger partial charge on any atom is -0.367 e. The van der Waals surface area contributed by atoms with Gasteiger partial charge in [0.05, 0.1) is 11.8 Å². The Morgan fingerprint density at radius 3 is 3.13 bits per heavy atom. The van der Waals surface area contributed by atoms with Gasteiger partial charge in [-0.05, 0) is 24.0 Å². The van der Waals surface area contributed by atoms with Crippen LogP contribution < -0.4 is 5.32 Å². The Labute approximate surface area is 94.1 Å². The Bertz CT molecular complexity index is 348. The molecule has 0 aromatic carbocycles. The summed E-state index contributed by atoms with van der Waals surface area (Å²) in [7, 11) is 0. The number of aromatic nitrogens is 2. The standard InChI is InChI=1S/C10H14N4S/c1-8(7-15-2)6-12-10-9(5-11)3-4-13-14-10/h3-4,8H,6-7H2,1-2H3,(H,12,14). The molecule has 0 bridgehead atoms. The molecular weight excluding hydrogens is 208 g/mol. The first-order valence-electron chi connectivity index (χ1n) is 4.72. The van der Waals surface area contributed by atoms with Gasteiger partial charge in [0, 0.05) is 6.54 Å². The van der Waals surface area contributed by atoms with E-state index in [1.54, 1.807) is 6.07 Å². The topological polar surface area (TPSA) is 61.6 Å². The van der Waals surface area contributed by atoms with Gasteiger partial charge in [-0.1, -0.05) is 6.92 Å². The van der Waals surface area contributed by atoms with Crippen LogP contribution in [0.3, 0.4) is 0 Å². The molecule has 0 saturated heterocycles. The van der Waals surface area contributed by atoms with Gasteiger partial charge in [-0.15, -0.1) is 5.10 Å². The monoisotopic (exact) mass is 222 g/mol. The van der Waals surface area contributed by atoms with Crippen LogP contribution in [0, 0.1) is 17.2 Å². The quantitative estimate of drug-likeness (QED) is 0.822. The SMILES string of the molecule is CSCC(C)CNc1nnccc1C#N. The number of nitrogens with one attached hydrogen (secondary N) is 1. The Morgan fingerprint density at radius 2 is 2.47 bits per heavy atom. The summed E-state index contributed by atoms with van der Waals surface area (Å²) in [5, 5.41) is 19.6. The lowest BCUT2D eigenvalue weighted by Crippen LogP contribution is -2.15. The molecule has 0 aliphatic heterocycles. The van der Waals surface area contributed by atoms with Crippen molar-refractivity contribution in [1.29, 1.82) is 5.26 Å². The van der Waals surface area contributed by atoms with E-state index in [9.17, 15) is 0 Å². The molecule has 4 nitrogen and oxygen atoms in total. The molecule has 0 spiro atoms. The lowest BCUT2D eigenvalue weighted by molar-refractivity contribution is 0.698. The van der Waals surface area contributed by atoms with E-state index in [-0.39, 0.29) is 0 Å². The van der Waals surface area contributed by atoms with E-state index in [2.05, 4.69) is 34.8 Å². The van der Waals surface area contributed by atoms with Crippen molar-refractivity contribution in [2.24, 2.45) is 5.92 Å². The molecule has 1 N–H and O–H groups in total. The summed E-state index contributed by atoms with van der Waals surface area (Å²) in [6.45, 7) is 2.97. The second-order valence-corrected chi connectivity index (χ2v) is 4.26. The summed E-state index contributed by atoms with van der Waals surface area (Å²) < 4.78 is 0. The van der Waals surface area contributed by atoms with Gasteiger partial charge in [0.15, 0.2) is 5.82 Å². The predicted octanol–water partition coefficient (Wildman–Crippen LogP) is 1.76.